The van der Waals surface area contributed by atoms with Crippen molar-refractivity contribution in [2.45, 2.75) is 36.9 Å². The predicted octanol–water partition coefficient (Wildman–Crippen LogP) is 5.64. The average Bonchev–Trinajstić information content (AvgIpc) is 2.88. The van der Waals surface area contributed by atoms with Gasteiger partial charge in [0.05, 0.1) is 5.69 Å². The molecule has 0 atom stereocenters. The Kier molecular flexibility index (Phi) is 5.89. The third-order valence-corrected chi connectivity index (χ3v) is 5.14. The molecule has 0 saturated carbocycles. The number of nitrogens with zero attached hydrogens (tertiary/aromatic N) is 3. The zero-order valence-electron chi connectivity index (χ0n) is 13.9. The van der Waals surface area contributed by atoms with Gasteiger partial charge in [0.25, 0.3) is 0 Å². The Labute approximate surface area is 161 Å². The van der Waals surface area contributed by atoms with Gasteiger partial charge in [-0.2, -0.15) is 5.10 Å². The van der Waals surface area contributed by atoms with Crippen LogP contribution in [0.2, 0.25) is 10.0 Å². The maximum absolute atomic E-state index is 6.13. The Hall–Kier alpha value is -1.69. The highest BCUT2D eigenvalue weighted by Gasteiger charge is 2.17. The van der Waals surface area contributed by atoms with Crippen molar-refractivity contribution in [3.05, 3.63) is 64.0 Å². The zero-order chi connectivity index (χ0) is 17.8. The molecule has 0 aliphatic heterocycles. The summed E-state index contributed by atoms with van der Waals surface area (Å²) in [4.78, 5) is 4.97. The van der Waals surface area contributed by atoms with Crippen molar-refractivity contribution in [2.75, 3.05) is 0 Å². The van der Waals surface area contributed by atoms with Crippen molar-refractivity contribution in [3.63, 3.8) is 0 Å². The number of aryl methyl sites for hydroxylation is 2. The van der Waals surface area contributed by atoms with Gasteiger partial charge in [0.1, 0.15) is 17.4 Å². The molecule has 0 unspecified atom stereocenters. The second-order valence-corrected chi connectivity index (χ2v) is 7.30. The number of ether oxygens (including phenoxy) is 1. The molecule has 4 nitrogen and oxygen atoms in total. The van der Waals surface area contributed by atoms with E-state index in [0.29, 0.717) is 16.7 Å². The monoisotopic (exact) mass is 393 g/mol. The van der Waals surface area contributed by atoms with Gasteiger partial charge >= 0.3 is 0 Å². The number of hydrogen-bond acceptors (Lipinski definition) is 4. The fourth-order valence-electron chi connectivity index (χ4n) is 2.38. The molecular weight excluding hydrogens is 377 g/mol. The molecule has 0 N–H and O–H groups in total. The summed E-state index contributed by atoms with van der Waals surface area (Å²) in [7, 11) is 0. The van der Waals surface area contributed by atoms with Crippen molar-refractivity contribution in [2.24, 2.45) is 0 Å². The first-order valence-electron chi connectivity index (χ1n) is 7.80. The van der Waals surface area contributed by atoms with Gasteiger partial charge in [-0.15, -0.1) is 0 Å². The van der Waals surface area contributed by atoms with Gasteiger partial charge < -0.3 is 4.74 Å². The summed E-state index contributed by atoms with van der Waals surface area (Å²) >= 11 is 13.8. The fourth-order valence-corrected chi connectivity index (χ4v) is 4.24. The maximum Gasteiger partial charge on any atom is 0.122 e. The van der Waals surface area contributed by atoms with Crippen LogP contribution in [0.15, 0.2) is 52.6 Å². The minimum Gasteiger partial charge on any atom is -0.489 e. The highest BCUT2D eigenvalue weighted by molar-refractivity contribution is 7.99. The van der Waals surface area contributed by atoms with Crippen molar-refractivity contribution in [3.8, 4) is 5.75 Å². The van der Waals surface area contributed by atoms with E-state index in [1.807, 2.05) is 35.9 Å². The third-order valence-electron chi connectivity index (χ3n) is 3.58. The lowest BCUT2D eigenvalue weighted by atomic mass is 10.3. The predicted molar refractivity (Wildman–Crippen MR) is 102 cm³/mol. The maximum atomic E-state index is 6.13. The first-order chi connectivity index (χ1) is 12.1. The molecule has 0 bridgehead atoms. The van der Waals surface area contributed by atoms with E-state index in [1.165, 1.54) is 0 Å². The minimum absolute atomic E-state index is 0.437. The van der Waals surface area contributed by atoms with E-state index in [4.69, 9.17) is 27.9 Å². The van der Waals surface area contributed by atoms with Crippen LogP contribution >= 0.6 is 35.0 Å². The topological polar surface area (TPSA) is 39.9 Å². The molecule has 0 aliphatic rings. The van der Waals surface area contributed by atoms with Crippen molar-refractivity contribution < 1.29 is 4.74 Å². The molecule has 0 amide bonds. The number of hydrogen-bond donors (Lipinski definition) is 0. The molecule has 130 valence electrons. The number of rotatable bonds is 6. The highest BCUT2D eigenvalue weighted by atomic mass is 35.5. The Morgan fingerprint density at radius 2 is 1.80 bits per heavy atom. The van der Waals surface area contributed by atoms with E-state index in [0.717, 1.165) is 33.5 Å². The molecular formula is C18H17Cl2N3OS. The number of halogens is 2. The smallest absolute Gasteiger partial charge is 0.122 e. The zero-order valence-corrected chi connectivity index (χ0v) is 16.2. The van der Waals surface area contributed by atoms with Crippen LogP contribution in [-0.2, 0) is 13.2 Å². The van der Waals surface area contributed by atoms with Crippen molar-refractivity contribution in [1.29, 1.82) is 0 Å². The summed E-state index contributed by atoms with van der Waals surface area (Å²) in [5, 5.41) is 6.88. The normalized spacial score (nSPS) is 10.9. The SMILES string of the molecule is CCn1nc(C)c(COc2ccncc2)c1Sc1cc(Cl)cc(Cl)c1. The minimum atomic E-state index is 0.437. The van der Waals surface area contributed by atoms with Gasteiger partial charge in [-0.3, -0.25) is 9.67 Å². The van der Waals surface area contributed by atoms with Crippen LogP contribution < -0.4 is 4.74 Å². The fraction of sp³-hybridized carbons (Fsp3) is 0.222. The second kappa shape index (κ2) is 8.13. The number of aromatic nitrogens is 3. The van der Waals surface area contributed by atoms with Crippen LogP contribution in [-0.4, -0.2) is 14.8 Å². The quantitative estimate of drug-likeness (QED) is 0.542. The lowest BCUT2D eigenvalue weighted by molar-refractivity contribution is 0.301. The molecule has 0 spiro atoms. The molecule has 25 heavy (non-hydrogen) atoms. The van der Waals surface area contributed by atoms with Crippen molar-refractivity contribution >= 4 is 35.0 Å². The van der Waals surface area contributed by atoms with E-state index in [2.05, 4.69) is 17.0 Å². The molecule has 2 aromatic heterocycles. The van der Waals surface area contributed by atoms with Crippen LogP contribution in [0.1, 0.15) is 18.2 Å². The summed E-state index contributed by atoms with van der Waals surface area (Å²) < 4.78 is 7.87. The largest absolute Gasteiger partial charge is 0.489 e. The Balaban J connectivity index is 1.89. The van der Waals surface area contributed by atoms with E-state index >= 15 is 0 Å². The second-order valence-electron chi connectivity index (χ2n) is 5.36. The first-order valence-corrected chi connectivity index (χ1v) is 9.37. The Morgan fingerprint density at radius 1 is 1.12 bits per heavy atom. The van der Waals surface area contributed by atoms with Crippen molar-refractivity contribution in [1.82, 2.24) is 14.8 Å². The standard InChI is InChI=1S/C18H17Cl2N3OS/c1-3-23-18(25-16-9-13(19)8-14(20)10-16)17(12(2)22-23)11-24-15-4-6-21-7-5-15/h4-10H,3,11H2,1-2H3. The third kappa shape index (κ3) is 4.48. The summed E-state index contributed by atoms with van der Waals surface area (Å²) in [6.07, 6.45) is 3.42. The Bertz CT molecular complexity index is 848. The van der Waals surface area contributed by atoms with Gasteiger partial charge in [0.15, 0.2) is 0 Å². The molecule has 0 radical (unpaired) electrons. The van der Waals surface area contributed by atoms with Crippen LogP contribution in [0, 0.1) is 6.92 Å². The summed E-state index contributed by atoms with van der Waals surface area (Å²) in [5.41, 5.74) is 2.01. The summed E-state index contributed by atoms with van der Waals surface area (Å²) in [6.45, 7) is 5.26. The number of benzene rings is 1. The van der Waals surface area contributed by atoms with Crippen LogP contribution in [0.3, 0.4) is 0 Å². The molecule has 0 aliphatic carbocycles. The molecule has 0 saturated heterocycles. The van der Waals surface area contributed by atoms with Gasteiger partial charge in [-0.25, -0.2) is 0 Å². The molecule has 2 heterocycles. The van der Waals surface area contributed by atoms with E-state index in [-0.39, 0.29) is 0 Å². The van der Waals surface area contributed by atoms with E-state index in [1.54, 1.807) is 30.2 Å². The lowest BCUT2D eigenvalue weighted by Gasteiger charge is -2.10. The van der Waals surface area contributed by atoms with E-state index < -0.39 is 0 Å². The van der Waals surface area contributed by atoms with Gasteiger partial charge in [-0.05, 0) is 44.2 Å². The van der Waals surface area contributed by atoms with E-state index in [9.17, 15) is 0 Å². The van der Waals surface area contributed by atoms with Gasteiger partial charge in [0, 0.05) is 39.4 Å². The first kappa shape index (κ1) is 18.1. The Morgan fingerprint density at radius 3 is 2.44 bits per heavy atom. The molecule has 3 rings (SSSR count). The summed E-state index contributed by atoms with van der Waals surface area (Å²) in [6, 6.07) is 9.19. The van der Waals surface area contributed by atoms with Crippen LogP contribution in [0.5, 0.6) is 5.75 Å². The van der Waals surface area contributed by atoms with Crippen LogP contribution in [0.4, 0.5) is 0 Å². The van der Waals surface area contributed by atoms with Gasteiger partial charge in [-0.1, -0.05) is 35.0 Å². The molecule has 7 heteroatoms. The van der Waals surface area contributed by atoms with Gasteiger partial charge in [0.2, 0.25) is 0 Å². The van der Waals surface area contributed by atoms with Crippen LogP contribution in [0.25, 0.3) is 0 Å². The molecule has 1 aromatic carbocycles. The average molecular weight is 394 g/mol. The highest BCUT2D eigenvalue weighted by Crippen LogP contribution is 2.35. The molecule has 3 aromatic rings. The lowest BCUT2D eigenvalue weighted by Crippen LogP contribution is -2.01. The number of pyridine rings is 1. The summed E-state index contributed by atoms with van der Waals surface area (Å²) in [5.74, 6) is 0.778. The molecule has 0 fully saturated rings.